The number of ether oxygens (including phenoxy) is 1. The SMILES string of the molecule is Cc1nc(N2C(=O)c3oc4ccc(F)cc4c(=O)c3C2c2cccc(OCc3ccccc3Cl)c2)sc1C. The Morgan fingerprint density at radius 3 is 2.66 bits per heavy atom. The van der Waals surface area contributed by atoms with E-state index in [9.17, 15) is 14.0 Å². The van der Waals surface area contributed by atoms with Gasteiger partial charge in [-0.15, -0.1) is 11.3 Å². The summed E-state index contributed by atoms with van der Waals surface area (Å²) in [6.45, 7) is 4.02. The molecule has 9 heteroatoms. The summed E-state index contributed by atoms with van der Waals surface area (Å²) in [5, 5.41) is 1.11. The molecule has 2 aromatic heterocycles. The Kier molecular flexibility index (Phi) is 6.01. The second-order valence-electron chi connectivity index (χ2n) is 8.98. The Bertz CT molecular complexity index is 1780. The molecule has 6 rings (SSSR count). The zero-order valence-electron chi connectivity index (χ0n) is 20.3. The molecule has 1 atom stereocenters. The number of nitrogens with zero attached hydrogens (tertiary/aromatic N) is 2. The van der Waals surface area contributed by atoms with E-state index in [1.54, 1.807) is 24.3 Å². The van der Waals surface area contributed by atoms with Crippen LogP contribution in [0.1, 0.15) is 43.9 Å². The standard InChI is InChI=1S/C29H20ClFN2O4S/c1-15-16(2)38-29(32-15)33-25(17-7-5-8-20(12-17)36-14-18-6-3-4-9-22(18)30)24-26(34)21-13-19(31)10-11-23(21)37-27(24)28(33)35/h3-13,25H,14H2,1-2H3. The molecule has 190 valence electrons. The first-order chi connectivity index (χ1) is 18.3. The van der Waals surface area contributed by atoms with Gasteiger partial charge in [0.15, 0.2) is 10.6 Å². The number of amides is 1. The minimum absolute atomic E-state index is 0.0704. The van der Waals surface area contributed by atoms with Crippen molar-refractivity contribution < 1.29 is 18.3 Å². The van der Waals surface area contributed by atoms with Gasteiger partial charge in [0.25, 0.3) is 5.91 Å². The molecule has 0 fully saturated rings. The molecular formula is C29H20ClFN2O4S. The molecule has 5 aromatic rings. The highest BCUT2D eigenvalue weighted by Crippen LogP contribution is 2.43. The van der Waals surface area contributed by atoms with Crippen LogP contribution in [-0.2, 0) is 6.61 Å². The van der Waals surface area contributed by atoms with Gasteiger partial charge in [0.1, 0.15) is 23.8 Å². The summed E-state index contributed by atoms with van der Waals surface area (Å²) in [6, 6.07) is 17.4. The van der Waals surface area contributed by atoms with Crippen molar-refractivity contribution in [1.82, 2.24) is 4.98 Å². The second-order valence-corrected chi connectivity index (χ2v) is 10.6. The topological polar surface area (TPSA) is 72.6 Å². The van der Waals surface area contributed by atoms with Crippen molar-refractivity contribution in [3.05, 3.63) is 121 Å². The van der Waals surface area contributed by atoms with Crippen LogP contribution in [0.5, 0.6) is 5.75 Å². The molecule has 1 aliphatic rings. The van der Waals surface area contributed by atoms with Gasteiger partial charge in [-0.2, -0.15) is 0 Å². The molecule has 0 saturated heterocycles. The third kappa shape index (κ3) is 4.06. The number of carbonyl (C=O) groups excluding carboxylic acids is 1. The minimum atomic E-state index is -0.838. The van der Waals surface area contributed by atoms with Crippen LogP contribution in [0.15, 0.2) is 75.9 Å². The predicted molar refractivity (Wildman–Crippen MR) is 145 cm³/mol. The van der Waals surface area contributed by atoms with Crippen molar-refractivity contribution in [2.24, 2.45) is 0 Å². The highest BCUT2D eigenvalue weighted by molar-refractivity contribution is 7.15. The lowest BCUT2D eigenvalue weighted by Gasteiger charge is -2.23. The lowest BCUT2D eigenvalue weighted by atomic mass is 9.98. The normalized spacial score (nSPS) is 14.8. The zero-order valence-corrected chi connectivity index (χ0v) is 21.9. The minimum Gasteiger partial charge on any atom is -0.489 e. The second kappa shape index (κ2) is 9.38. The van der Waals surface area contributed by atoms with Gasteiger partial charge in [-0.25, -0.2) is 9.37 Å². The van der Waals surface area contributed by atoms with E-state index in [-0.39, 0.29) is 28.9 Å². The number of aromatic nitrogens is 1. The monoisotopic (exact) mass is 546 g/mol. The number of halogens is 2. The van der Waals surface area contributed by atoms with Crippen molar-refractivity contribution >= 4 is 44.9 Å². The number of fused-ring (bicyclic) bond motifs is 2. The van der Waals surface area contributed by atoms with E-state index < -0.39 is 23.2 Å². The molecule has 0 N–H and O–H groups in total. The molecule has 1 amide bonds. The summed E-state index contributed by atoms with van der Waals surface area (Å²) in [7, 11) is 0. The summed E-state index contributed by atoms with van der Waals surface area (Å²) in [5.74, 6) is -0.592. The van der Waals surface area contributed by atoms with Crippen molar-refractivity contribution in [3.63, 3.8) is 0 Å². The van der Waals surface area contributed by atoms with E-state index in [1.807, 2.05) is 38.1 Å². The van der Waals surface area contributed by atoms with E-state index in [0.717, 1.165) is 22.2 Å². The largest absolute Gasteiger partial charge is 0.489 e. The predicted octanol–water partition coefficient (Wildman–Crippen LogP) is 6.99. The maximum Gasteiger partial charge on any atom is 0.297 e. The number of hydrogen-bond acceptors (Lipinski definition) is 6. The van der Waals surface area contributed by atoms with Gasteiger partial charge in [0.05, 0.1) is 22.7 Å². The number of thiazole rings is 1. The molecule has 0 saturated carbocycles. The first-order valence-electron chi connectivity index (χ1n) is 11.8. The maximum absolute atomic E-state index is 14.1. The smallest absolute Gasteiger partial charge is 0.297 e. The number of rotatable bonds is 5. The number of hydrogen-bond donors (Lipinski definition) is 0. The summed E-state index contributed by atoms with van der Waals surface area (Å²) in [4.78, 5) is 34.5. The Labute approximate surface area is 225 Å². The molecule has 0 radical (unpaired) electrons. The van der Waals surface area contributed by atoms with E-state index in [1.165, 1.54) is 28.4 Å². The third-order valence-corrected chi connectivity index (χ3v) is 8.02. The van der Waals surface area contributed by atoms with Crippen LogP contribution >= 0.6 is 22.9 Å². The van der Waals surface area contributed by atoms with Crippen LogP contribution in [0.2, 0.25) is 5.02 Å². The van der Waals surface area contributed by atoms with Crippen LogP contribution < -0.4 is 15.1 Å². The number of carbonyl (C=O) groups is 1. The molecular weight excluding hydrogens is 527 g/mol. The Morgan fingerprint density at radius 1 is 1.08 bits per heavy atom. The molecule has 3 heterocycles. The number of anilines is 1. The van der Waals surface area contributed by atoms with Gasteiger partial charge in [-0.05, 0) is 55.8 Å². The fraction of sp³-hybridized carbons (Fsp3) is 0.138. The average molecular weight is 547 g/mol. The molecule has 0 bridgehead atoms. The van der Waals surface area contributed by atoms with Crippen LogP contribution in [0.25, 0.3) is 11.0 Å². The lowest BCUT2D eigenvalue weighted by Crippen LogP contribution is -2.29. The molecule has 38 heavy (non-hydrogen) atoms. The van der Waals surface area contributed by atoms with E-state index in [2.05, 4.69) is 4.98 Å². The van der Waals surface area contributed by atoms with Gasteiger partial charge in [-0.1, -0.05) is 41.9 Å². The van der Waals surface area contributed by atoms with E-state index in [0.29, 0.717) is 21.5 Å². The summed E-state index contributed by atoms with van der Waals surface area (Å²) >= 11 is 7.63. The Morgan fingerprint density at radius 2 is 1.89 bits per heavy atom. The molecule has 3 aromatic carbocycles. The molecule has 0 spiro atoms. The van der Waals surface area contributed by atoms with E-state index >= 15 is 0 Å². The van der Waals surface area contributed by atoms with Gasteiger partial charge in [0, 0.05) is 15.5 Å². The van der Waals surface area contributed by atoms with Crippen LogP contribution in [0.3, 0.4) is 0 Å². The van der Waals surface area contributed by atoms with Gasteiger partial charge < -0.3 is 9.15 Å². The Hall–Kier alpha value is -4.01. The quantitative estimate of drug-likeness (QED) is 0.237. The highest BCUT2D eigenvalue weighted by atomic mass is 35.5. The summed E-state index contributed by atoms with van der Waals surface area (Å²) < 4.78 is 26.0. The van der Waals surface area contributed by atoms with Crippen molar-refractivity contribution in [2.75, 3.05) is 4.90 Å². The Balaban J connectivity index is 1.49. The lowest BCUT2D eigenvalue weighted by molar-refractivity contribution is 0.0971. The van der Waals surface area contributed by atoms with Crippen LogP contribution in [0.4, 0.5) is 9.52 Å². The van der Waals surface area contributed by atoms with E-state index in [4.69, 9.17) is 20.8 Å². The molecule has 1 unspecified atom stereocenters. The summed E-state index contributed by atoms with van der Waals surface area (Å²) in [5.41, 5.74) is 2.06. The zero-order chi connectivity index (χ0) is 26.6. The van der Waals surface area contributed by atoms with Crippen molar-refractivity contribution in [1.29, 1.82) is 0 Å². The fourth-order valence-electron chi connectivity index (χ4n) is 4.57. The molecule has 0 aliphatic carbocycles. The van der Waals surface area contributed by atoms with Gasteiger partial charge in [0.2, 0.25) is 5.76 Å². The van der Waals surface area contributed by atoms with Crippen LogP contribution in [-0.4, -0.2) is 10.9 Å². The van der Waals surface area contributed by atoms with Gasteiger partial charge >= 0.3 is 0 Å². The van der Waals surface area contributed by atoms with Crippen molar-refractivity contribution in [3.8, 4) is 5.75 Å². The van der Waals surface area contributed by atoms with Crippen LogP contribution in [0, 0.1) is 19.7 Å². The van der Waals surface area contributed by atoms with Gasteiger partial charge in [-0.3, -0.25) is 14.5 Å². The summed E-state index contributed by atoms with van der Waals surface area (Å²) in [6.07, 6.45) is 0. The molecule has 6 nitrogen and oxygen atoms in total. The average Bonchev–Trinajstić information content (AvgIpc) is 3.39. The van der Waals surface area contributed by atoms with Crippen molar-refractivity contribution in [2.45, 2.75) is 26.5 Å². The number of aryl methyl sites for hydroxylation is 2. The highest BCUT2D eigenvalue weighted by Gasteiger charge is 2.45. The first-order valence-corrected chi connectivity index (χ1v) is 13.0. The number of benzene rings is 3. The first kappa shape index (κ1) is 24.3. The fourth-order valence-corrected chi connectivity index (χ4v) is 5.69. The third-order valence-electron chi connectivity index (χ3n) is 6.58. The maximum atomic E-state index is 14.1. The molecule has 1 aliphatic heterocycles.